The molecule has 47 heavy (non-hydrogen) atoms. The van der Waals surface area contributed by atoms with Gasteiger partial charge in [-0.25, -0.2) is 8.42 Å². The Hall–Kier alpha value is -4.34. The summed E-state index contributed by atoms with van der Waals surface area (Å²) >= 11 is 0. The minimum atomic E-state index is -4.18. The zero-order valence-electron chi connectivity index (χ0n) is 26.6. The molecule has 1 aliphatic carbocycles. The number of aryl methyl sites for hydroxylation is 1. The van der Waals surface area contributed by atoms with Gasteiger partial charge in [-0.3, -0.25) is 4.79 Å². The average molecular weight is 666 g/mol. The predicted octanol–water partition coefficient (Wildman–Crippen LogP) is 4.91. The molecular formula is C35H41N2O9S+. The van der Waals surface area contributed by atoms with Gasteiger partial charge in [0.2, 0.25) is 4.60 Å². The van der Waals surface area contributed by atoms with Gasteiger partial charge in [-0.05, 0) is 72.2 Å². The number of benzene rings is 2. The van der Waals surface area contributed by atoms with Crippen molar-refractivity contribution in [3.63, 3.8) is 0 Å². The number of sulfone groups is 1. The first-order valence-electron chi connectivity index (χ1n) is 16.0. The van der Waals surface area contributed by atoms with Gasteiger partial charge in [0.15, 0.2) is 0 Å². The van der Waals surface area contributed by atoms with Crippen molar-refractivity contribution in [2.75, 3.05) is 13.2 Å². The van der Waals surface area contributed by atoms with E-state index < -0.39 is 21.0 Å². The lowest BCUT2D eigenvalue weighted by molar-refractivity contribution is -0.744. The summed E-state index contributed by atoms with van der Waals surface area (Å²) in [5.74, 6) is 6.78. The van der Waals surface area contributed by atoms with E-state index in [0.717, 1.165) is 24.2 Å². The van der Waals surface area contributed by atoms with Crippen LogP contribution in [0, 0.1) is 28.6 Å². The van der Waals surface area contributed by atoms with E-state index in [1.165, 1.54) is 17.7 Å². The Balaban J connectivity index is 1.06. The second-order valence-electron chi connectivity index (χ2n) is 11.9. The highest BCUT2D eigenvalue weighted by atomic mass is 32.2. The lowest BCUT2D eigenvalue weighted by Gasteiger charge is -2.17. The number of H-pyrrole nitrogens is 1. The lowest BCUT2D eigenvalue weighted by atomic mass is 9.86. The van der Waals surface area contributed by atoms with E-state index >= 15 is 0 Å². The van der Waals surface area contributed by atoms with Gasteiger partial charge in [0.1, 0.15) is 11.9 Å². The molecule has 0 bridgehead atoms. The number of ether oxygens (including phenoxy) is 3. The molecule has 1 fully saturated rings. The van der Waals surface area contributed by atoms with Gasteiger partial charge in [0.05, 0.1) is 24.2 Å². The summed E-state index contributed by atoms with van der Waals surface area (Å²) in [6.07, 6.45) is 8.03. The van der Waals surface area contributed by atoms with Crippen molar-refractivity contribution in [1.29, 1.82) is 0 Å². The van der Waals surface area contributed by atoms with Gasteiger partial charge in [-0.15, -0.1) is 11.8 Å². The largest absolute Gasteiger partial charge is 0.489 e. The number of carbonyl (C=O) groups is 1. The highest BCUT2D eigenvalue weighted by molar-refractivity contribution is 7.91. The van der Waals surface area contributed by atoms with Gasteiger partial charge >= 0.3 is 16.9 Å². The number of allylic oxidation sites excluding steroid dienone is 1. The number of hydrogen-bond acceptors (Lipinski definition) is 9. The molecule has 1 aliphatic heterocycles. The van der Waals surface area contributed by atoms with Crippen molar-refractivity contribution in [3.8, 4) is 23.5 Å². The molecule has 0 amide bonds. The third-order valence-corrected chi connectivity index (χ3v) is 10.4. The molecule has 1 unspecified atom stereocenters. The molecular weight excluding hydrogens is 624 g/mol. The lowest BCUT2D eigenvalue weighted by Crippen LogP contribution is -2.21. The Morgan fingerprint density at radius 1 is 1.15 bits per heavy atom. The van der Waals surface area contributed by atoms with Crippen LogP contribution in [0.2, 0.25) is 0 Å². The van der Waals surface area contributed by atoms with Gasteiger partial charge in [0.25, 0.3) is 9.84 Å². The number of aromatic amines is 1. The maximum atomic E-state index is 12.9. The Bertz CT molecular complexity index is 1790. The number of rotatable bonds is 15. The number of aromatic nitrogens is 2. The second kappa shape index (κ2) is 15.5. The molecule has 1 aromatic heterocycles. The number of hydrogen-bond donors (Lipinski definition) is 2. The first-order chi connectivity index (χ1) is 22.7. The first-order valence-corrected chi connectivity index (χ1v) is 17.5. The summed E-state index contributed by atoms with van der Waals surface area (Å²) in [5.41, 5.74) is 2.26. The normalized spacial score (nSPS) is 19.7. The molecule has 5 rings (SSSR count). The van der Waals surface area contributed by atoms with E-state index in [9.17, 15) is 23.2 Å². The third-order valence-electron chi connectivity index (χ3n) is 8.66. The van der Waals surface area contributed by atoms with Crippen molar-refractivity contribution in [3.05, 3.63) is 76.7 Å². The van der Waals surface area contributed by atoms with Gasteiger partial charge in [-0.2, -0.15) is 0 Å². The highest BCUT2D eigenvalue weighted by Crippen LogP contribution is 2.52. The summed E-state index contributed by atoms with van der Waals surface area (Å²) in [4.78, 5) is 24.4. The Morgan fingerprint density at radius 3 is 2.74 bits per heavy atom. The summed E-state index contributed by atoms with van der Waals surface area (Å²) in [7, 11) is -4.18. The Labute approximate surface area is 274 Å². The maximum absolute atomic E-state index is 12.9. The van der Waals surface area contributed by atoms with Crippen molar-refractivity contribution >= 4 is 15.8 Å². The molecule has 12 heteroatoms. The zero-order chi connectivity index (χ0) is 33.4. The van der Waals surface area contributed by atoms with Crippen LogP contribution in [0.15, 0.2) is 75.2 Å². The topological polar surface area (TPSA) is 151 Å². The van der Waals surface area contributed by atoms with Crippen LogP contribution >= 0.6 is 0 Å². The van der Waals surface area contributed by atoms with E-state index in [0.29, 0.717) is 25.2 Å². The molecule has 2 aromatic carbocycles. The fourth-order valence-corrected chi connectivity index (χ4v) is 7.46. The molecule has 0 radical (unpaired) electrons. The minimum absolute atomic E-state index is 0.0157. The standard InChI is InChI=1S/C35H41N2O9S/c1-3-4-11-24(2)29(38)20-18-25-19-21-30-32(25)28-16-8-12-26(33(28)45-30)13-9-17-31(39)43-22-10-23-44-34-35(37(40)46-36-34)47(41,42)27-14-6-5-7-15-27/h5-8,12,14-16,18,20,24-25,29-30,32,36,38H,9-11,13,17,19,21-23H2,1-2H3/q+1/b20-18+/t24?,25-,29+,30-,32-/m1/s1. The SMILES string of the molecule is CC#CCC(C)[C@@H](O)/C=C/[C@@H]1CC[C@H]2Oc3c(CCCC(=O)OCCCOc4[nH]o[n+](=O)c4S(=O)(=O)c4ccccc4)cccc3[C@@H]12. The number of aliphatic hydroxyl groups is 1. The molecule has 2 aliphatic rings. The van der Waals surface area contributed by atoms with Crippen LogP contribution in [0.4, 0.5) is 0 Å². The maximum Gasteiger partial charge on any atom is 0.404 e. The van der Waals surface area contributed by atoms with E-state index in [-0.39, 0.29) is 65.3 Å². The highest BCUT2D eigenvalue weighted by Gasteiger charge is 2.44. The number of nitrogens with zero attached hydrogens (tertiary/aromatic N) is 1. The average Bonchev–Trinajstić information content (AvgIpc) is 3.76. The van der Waals surface area contributed by atoms with Crippen LogP contribution in [0.5, 0.6) is 11.6 Å². The fourth-order valence-electron chi connectivity index (χ4n) is 6.15. The molecule has 2 N–H and O–H groups in total. The van der Waals surface area contributed by atoms with Crippen molar-refractivity contribution in [2.45, 2.75) is 86.8 Å². The second-order valence-corrected chi connectivity index (χ2v) is 13.8. The Kier molecular flexibility index (Phi) is 11.2. The fraction of sp³-hybridized carbons (Fsp3) is 0.457. The third kappa shape index (κ3) is 7.97. The van der Waals surface area contributed by atoms with E-state index in [2.05, 4.69) is 33.8 Å². The number of nitrogens with one attached hydrogen (secondary N) is 1. The molecule has 3 aromatic rings. The zero-order valence-corrected chi connectivity index (χ0v) is 27.4. The van der Waals surface area contributed by atoms with Gasteiger partial charge < -0.3 is 19.3 Å². The van der Waals surface area contributed by atoms with Crippen LogP contribution < -0.4 is 14.1 Å². The molecule has 11 nitrogen and oxygen atoms in total. The summed E-state index contributed by atoms with van der Waals surface area (Å²) in [6, 6.07) is 13.7. The predicted molar refractivity (Wildman–Crippen MR) is 171 cm³/mol. The van der Waals surface area contributed by atoms with Crippen LogP contribution in [0.25, 0.3) is 0 Å². The molecule has 0 saturated heterocycles. The number of aliphatic hydroxyl groups excluding tert-OH is 1. The summed E-state index contributed by atoms with van der Waals surface area (Å²) < 4.78 is 47.4. The van der Waals surface area contributed by atoms with Crippen molar-refractivity contribution < 1.29 is 41.8 Å². The van der Waals surface area contributed by atoms with Gasteiger partial charge in [-0.1, -0.05) is 60.1 Å². The molecule has 2 heterocycles. The number of para-hydroxylation sites is 1. The minimum Gasteiger partial charge on any atom is -0.489 e. The first kappa shape index (κ1) is 34.0. The van der Waals surface area contributed by atoms with Crippen molar-refractivity contribution in [1.82, 2.24) is 5.16 Å². The van der Waals surface area contributed by atoms with Crippen LogP contribution in [-0.2, 0) is 25.8 Å². The quantitative estimate of drug-likeness (QED) is 0.0999. The van der Waals surface area contributed by atoms with E-state index in [1.54, 1.807) is 25.1 Å². The molecule has 5 atom stereocenters. The summed E-state index contributed by atoms with van der Waals surface area (Å²) in [5, 5.41) is 12.1. The molecule has 0 spiro atoms. The van der Waals surface area contributed by atoms with E-state index in [4.69, 9.17) is 14.2 Å². The van der Waals surface area contributed by atoms with Crippen LogP contribution in [0.3, 0.4) is 0 Å². The summed E-state index contributed by atoms with van der Waals surface area (Å²) in [6.45, 7) is 3.86. The van der Waals surface area contributed by atoms with Crippen LogP contribution in [-0.4, -0.2) is 50.1 Å². The number of esters is 1. The smallest absolute Gasteiger partial charge is 0.404 e. The van der Waals surface area contributed by atoms with E-state index in [1.807, 2.05) is 25.1 Å². The monoisotopic (exact) mass is 665 g/mol. The number of fused-ring (bicyclic) bond motifs is 3. The van der Waals surface area contributed by atoms with Crippen molar-refractivity contribution in [2.24, 2.45) is 11.8 Å². The number of carbonyl (C=O) groups excluding carboxylic acids is 1. The Morgan fingerprint density at radius 2 is 1.96 bits per heavy atom. The molecule has 1 saturated carbocycles. The molecule has 250 valence electrons. The van der Waals surface area contributed by atoms with Crippen LogP contribution in [0.1, 0.15) is 69.4 Å². The van der Waals surface area contributed by atoms with Gasteiger partial charge in [0, 0.05) is 30.7 Å².